The average molecular weight is 281 g/mol. The number of nitrogens with one attached hydrogen (secondary N) is 1. The molecule has 0 aliphatic rings. The van der Waals surface area contributed by atoms with E-state index >= 15 is 0 Å². The first-order valence-electron chi connectivity index (χ1n) is 6.03. The molecule has 0 atom stereocenters. The van der Waals surface area contributed by atoms with E-state index in [2.05, 4.69) is 5.32 Å². The van der Waals surface area contributed by atoms with Gasteiger partial charge in [0.1, 0.15) is 5.75 Å². The largest absolute Gasteiger partial charge is 0.495 e. The van der Waals surface area contributed by atoms with Crippen LogP contribution >= 0.6 is 0 Å². The molecule has 0 unspecified atom stereocenters. The van der Waals surface area contributed by atoms with Crippen LogP contribution in [0.1, 0.15) is 11.1 Å². The predicted molar refractivity (Wildman–Crippen MR) is 71.4 cm³/mol. The van der Waals surface area contributed by atoms with Gasteiger partial charge in [0.25, 0.3) is 0 Å². The Bertz CT molecular complexity index is 606. The molecule has 0 aromatic heterocycles. The fourth-order valence-electron chi connectivity index (χ4n) is 1.85. The molecule has 0 aliphatic carbocycles. The Balaban J connectivity index is 2.17. The molecule has 0 heterocycles. The molecule has 2 nitrogen and oxygen atoms in total. The molecule has 0 saturated carbocycles. The van der Waals surface area contributed by atoms with Crippen molar-refractivity contribution in [3.63, 3.8) is 0 Å². The van der Waals surface area contributed by atoms with Crippen molar-refractivity contribution in [2.45, 2.75) is 13.5 Å². The van der Waals surface area contributed by atoms with Crippen molar-refractivity contribution in [3.05, 3.63) is 58.9 Å². The van der Waals surface area contributed by atoms with Crippen LogP contribution in [0.25, 0.3) is 0 Å². The summed E-state index contributed by atoms with van der Waals surface area (Å²) in [4.78, 5) is 0. The minimum absolute atomic E-state index is 0.160. The van der Waals surface area contributed by atoms with Crippen LogP contribution in [-0.2, 0) is 6.54 Å². The van der Waals surface area contributed by atoms with Crippen molar-refractivity contribution in [2.24, 2.45) is 0 Å². The van der Waals surface area contributed by atoms with E-state index in [4.69, 9.17) is 4.74 Å². The minimum Gasteiger partial charge on any atom is -0.495 e. The van der Waals surface area contributed by atoms with E-state index in [-0.39, 0.29) is 6.54 Å². The number of hydrogen-bond acceptors (Lipinski definition) is 2. The predicted octanol–water partition coefficient (Wildman–Crippen LogP) is 4.03. The van der Waals surface area contributed by atoms with Crippen LogP contribution in [0.15, 0.2) is 30.3 Å². The summed E-state index contributed by atoms with van der Waals surface area (Å²) in [7, 11) is 1.54. The number of halogens is 3. The lowest BCUT2D eigenvalue weighted by atomic mass is 10.1. The van der Waals surface area contributed by atoms with Gasteiger partial charge < -0.3 is 10.1 Å². The quantitative estimate of drug-likeness (QED) is 0.854. The van der Waals surface area contributed by atoms with Crippen LogP contribution in [0.4, 0.5) is 18.9 Å². The Labute approximate surface area is 115 Å². The topological polar surface area (TPSA) is 21.3 Å². The normalized spacial score (nSPS) is 10.4. The Morgan fingerprint density at radius 1 is 1.05 bits per heavy atom. The standard InChI is InChI=1S/C15H14F3NO/c1-9-3-4-13(14(5-9)20-2)19-8-10-6-11(16)15(18)12(17)7-10/h3-7,19H,8H2,1-2H3. The zero-order valence-electron chi connectivity index (χ0n) is 11.1. The highest BCUT2D eigenvalue weighted by Crippen LogP contribution is 2.26. The van der Waals surface area contributed by atoms with Crippen molar-refractivity contribution in [2.75, 3.05) is 12.4 Å². The zero-order chi connectivity index (χ0) is 14.7. The Morgan fingerprint density at radius 3 is 2.30 bits per heavy atom. The summed E-state index contributed by atoms with van der Waals surface area (Å²) >= 11 is 0. The molecule has 0 saturated heterocycles. The van der Waals surface area contributed by atoms with Crippen molar-refractivity contribution in [1.29, 1.82) is 0 Å². The third-order valence-electron chi connectivity index (χ3n) is 2.88. The Kier molecular flexibility index (Phi) is 4.17. The summed E-state index contributed by atoms with van der Waals surface area (Å²) in [6.07, 6.45) is 0. The monoisotopic (exact) mass is 281 g/mol. The van der Waals surface area contributed by atoms with Gasteiger partial charge in [-0.2, -0.15) is 0 Å². The minimum atomic E-state index is -1.46. The Morgan fingerprint density at radius 2 is 1.70 bits per heavy atom. The van der Waals surface area contributed by atoms with E-state index in [1.165, 1.54) is 7.11 Å². The second kappa shape index (κ2) is 5.86. The zero-order valence-corrected chi connectivity index (χ0v) is 11.1. The summed E-state index contributed by atoms with van der Waals surface area (Å²) < 4.78 is 44.3. The molecule has 0 radical (unpaired) electrons. The molecular weight excluding hydrogens is 267 g/mol. The first-order chi connectivity index (χ1) is 9.51. The molecule has 0 amide bonds. The SMILES string of the molecule is COc1cc(C)ccc1NCc1cc(F)c(F)c(F)c1. The van der Waals surface area contributed by atoms with Crippen LogP contribution in [0.5, 0.6) is 5.75 Å². The number of aryl methyl sites for hydroxylation is 1. The maximum Gasteiger partial charge on any atom is 0.194 e. The van der Waals surface area contributed by atoms with Crippen LogP contribution in [0, 0.1) is 24.4 Å². The molecule has 1 N–H and O–H groups in total. The van der Waals surface area contributed by atoms with Gasteiger partial charge in [-0.3, -0.25) is 0 Å². The highest BCUT2D eigenvalue weighted by Gasteiger charge is 2.11. The highest BCUT2D eigenvalue weighted by atomic mass is 19.2. The molecule has 5 heteroatoms. The van der Waals surface area contributed by atoms with Gasteiger partial charge in [0, 0.05) is 6.54 Å². The lowest BCUT2D eigenvalue weighted by molar-refractivity contribution is 0.416. The van der Waals surface area contributed by atoms with E-state index < -0.39 is 17.5 Å². The number of hydrogen-bond donors (Lipinski definition) is 1. The second-order valence-corrected chi connectivity index (χ2v) is 4.43. The summed E-state index contributed by atoms with van der Waals surface area (Å²) in [6, 6.07) is 7.47. The van der Waals surface area contributed by atoms with Gasteiger partial charge in [-0.05, 0) is 42.3 Å². The number of anilines is 1. The molecule has 0 fully saturated rings. The molecule has 106 valence electrons. The van der Waals surface area contributed by atoms with Crippen LogP contribution < -0.4 is 10.1 Å². The summed E-state index contributed by atoms with van der Waals surface area (Å²) in [5.41, 5.74) is 2.04. The summed E-state index contributed by atoms with van der Waals surface area (Å²) in [6.45, 7) is 2.09. The third-order valence-corrected chi connectivity index (χ3v) is 2.88. The fraction of sp³-hybridized carbons (Fsp3) is 0.200. The number of ether oxygens (including phenoxy) is 1. The van der Waals surface area contributed by atoms with Crippen molar-refractivity contribution < 1.29 is 17.9 Å². The summed E-state index contributed by atoms with van der Waals surface area (Å²) in [5, 5.41) is 3.00. The first kappa shape index (κ1) is 14.2. The molecule has 0 spiro atoms. The number of rotatable bonds is 4. The van der Waals surface area contributed by atoms with E-state index in [1.807, 2.05) is 25.1 Å². The molecule has 2 rings (SSSR count). The van der Waals surface area contributed by atoms with Gasteiger partial charge in [0.2, 0.25) is 0 Å². The van der Waals surface area contributed by atoms with Crippen molar-refractivity contribution in [1.82, 2.24) is 0 Å². The average Bonchev–Trinajstić information content (AvgIpc) is 2.43. The van der Waals surface area contributed by atoms with E-state index in [0.717, 1.165) is 17.7 Å². The van der Waals surface area contributed by atoms with Gasteiger partial charge in [-0.25, -0.2) is 13.2 Å². The van der Waals surface area contributed by atoms with Crippen molar-refractivity contribution in [3.8, 4) is 5.75 Å². The Hall–Kier alpha value is -2.17. The van der Waals surface area contributed by atoms with Crippen LogP contribution in [-0.4, -0.2) is 7.11 Å². The smallest absolute Gasteiger partial charge is 0.194 e. The number of benzene rings is 2. The van der Waals surface area contributed by atoms with Gasteiger partial charge in [0.05, 0.1) is 12.8 Å². The lowest BCUT2D eigenvalue weighted by Gasteiger charge is -2.12. The van der Waals surface area contributed by atoms with Crippen LogP contribution in [0.2, 0.25) is 0 Å². The molecule has 2 aromatic rings. The van der Waals surface area contributed by atoms with Gasteiger partial charge in [0.15, 0.2) is 17.5 Å². The van der Waals surface area contributed by atoms with Gasteiger partial charge in [-0.15, -0.1) is 0 Å². The molecular formula is C15H14F3NO. The molecule has 0 aliphatic heterocycles. The maximum absolute atomic E-state index is 13.1. The number of methoxy groups -OCH3 is 1. The highest BCUT2D eigenvalue weighted by molar-refractivity contribution is 5.57. The van der Waals surface area contributed by atoms with Gasteiger partial charge in [-0.1, -0.05) is 6.07 Å². The van der Waals surface area contributed by atoms with E-state index in [1.54, 1.807) is 0 Å². The van der Waals surface area contributed by atoms with E-state index in [9.17, 15) is 13.2 Å². The molecule has 2 aromatic carbocycles. The van der Waals surface area contributed by atoms with Gasteiger partial charge >= 0.3 is 0 Å². The van der Waals surface area contributed by atoms with Crippen LogP contribution in [0.3, 0.4) is 0 Å². The lowest BCUT2D eigenvalue weighted by Crippen LogP contribution is -2.03. The van der Waals surface area contributed by atoms with E-state index in [0.29, 0.717) is 17.0 Å². The fourth-order valence-corrected chi connectivity index (χ4v) is 1.85. The molecule has 0 bridgehead atoms. The summed E-state index contributed by atoms with van der Waals surface area (Å²) in [5.74, 6) is -3.22. The first-order valence-corrected chi connectivity index (χ1v) is 6.03. The maximum atomic E-state index is 13.1. The third kappa shape index (κ3) is 3.04. The molecule has 20 heavy (non-hydrogen) atoms. The van der Waals surface area contributed by atoms with Crippen molar-refractivity contribution >= 4 is 5.69 Å². The second-order valence-electron chi connectivity index (χ2n) is 4.43.